The maximum atomic E-state index is 14.8. The van der Waals surface area contributed by atoms with Crippen molar-refractivity contribution in [3.05, 3.63) is 113 Å². The van der Waals surface area contributed by atoms with Crippen molar-refractivity contribution in [1.82, 2.24) is 0 Å². The molecule has 0 bridgehead atoms. The predicted molar refractivity (Wildman–Crippen MR) is 122 cm³/mol. The van der Waals surface area contributed by atoms with Gasteiger partial charge in [0.15, 0.2) is 7.14 Å². The first kappa shape index (κ1) is 21.4. The lowest BCUT2D eigenvalue weighted by Gasteiger charge is -2.30. The molecular formula is C24H19F3NOPS. The highest BCUT2D eigenvalue weighted by molar-refractivity contribution is 7.79. The van der Waals surface area contributed by atoms with Crippen molar-refractivity contribution in [3.8, 4) is 0 Å². The third-order valence-electron chi connectivity index (χ3n) is 4.95. The highest BCUT2D eigenvalue weighted by Crippen LogP contribution is 2.58. The van der Waals surface area contributed by atoms with E-state index in [0.717, 1.165) is 17.0 Å². The summed E-state index contributed by atoms with van der Waals surface area (Å²) in [7, 11) is -3.33. The van der Waals surface area contributed by atoms with Crippen molar-refractivity contribution in [2.75, 3.05) is 5.32 Å². The van der Waals surface area contributed by atoms with Crippen LogP contribution in [0.1, 0.15) is 16.2 Å². The van der Waals surface area contributed by atoms with Gasteiger partial charge in [-0.1, -0.05) is 72.8 Å². The molecule has 0 saturated heterocycles. The Bertz CT molecular complexity index is 1130. The molecule has 2 nitrogen and oxygen atoms in total. The van der Waals surface area contributed by atoms with Crippen LogP contribution in [0.2, 0.25) is 0 Å². The van der Waals surface area contributed by atoms with Gasteiger partial charge in [-0.2, -0.15) is 13.2 Å². The number of nitrogens with one attached hydrogen (secondary N) is 1. The van der Waals surface area contributed by atoms with E-state index in [1.165, 1.54) is 17.4 Å². The average molecular weight is 457 g/mol. The van der Waals surface area contributed by atoms with Crippen molar-refractivity contribution in [3.63, 3.8) is 0 Å². The topological polar surface area (TPSA) is 29.1 Å². The number of anilines is 1. The molecule has 4 rings (SSSR count). The van der Waals surface area contributed by atoms with E-state index in [2.05, 4.69) is 5.32 Å². The number of alkyl halides is 3. The number of rotatable bonds is 6. The van der Waals surface area contributed by atoms with Crippen LogP contribution in [0.3, 0.4) is 0 Å². The first-order valence-electron chi connectivity index (χ1n) is 9.57. The molecule has 0 aliphatic heterocycles. The summed E-state index contributed by atoms with van der Waals surface area (Å²) in [6.45, 7) is 0. The average Bonchev–Trinajstić information content (AvgIpc) is 3.32. The number of hydrogen-bond donors (Lipinski definition) is 1. The van der Waals surface area contributed by atoms with Gasteiger partial charge in [-0.15, -0.1) is 11.3 Å². The minimum atomic E-state index is -4.46. The van der Waals surface area contributed by atoms with Gasteiger partial charge in [0.05, 0.1) is 5.56 Å². The highest BCUT2D eigenvalue weighted by atomic mass is 32.1. The number of halogens is 3. The Morgan fingerprint density at radius 2 is 1.39 bits per heavy atom. The summed E-state index contributed by atoms with van der Waals surface area (Å²) in [6.07, 6.45) is -4.46. The zero-order chi connectivity index (χ0) is 21.9. The molecule has 0 radical (unpaired) electrons. The molecule has 0 aliphatic rings. The van der Waals surface area contributed by atoms with Crippen molar-refractivity contribution in [2.24, 2.45) is 0 Å². The monoisotopic (exact) mass is 457 g/mol. The Labute approximate surface area is 182 Å². The van der Waals surface area contributed by atoms with Gasteiger partial charge < -0.3 is 9.88 Å². The van der Waals surface area contributed by atoms with Crippen LogP contribution in [0.5, 0.6) is 0 Å². The van der Waals surface area contributed by atoms with Gasteiger partial charge in [-0.3, -0.25) is 0 Å². The van der Waals surface area contributed by atoms with Gasteiger partial charge in [0, 0.05) is 21.2 Å². The van der Waals surface area contributed by atoms with Crippen LogP contribution in [0.25, 0.3) is 0 Å². The molecule has 31 heavy (non-hydrogen) atoms. The van der Waals surface area contributed by atoms with Crippen molar-refractivity contribution in [2.45, 2.75) is 12.0 Å². The Balaban J connectivity index is 1.88. The predicted octanol–water partition coefficient (Wildman–Crippen LogP) is 6.89. The van der Waals surface area contributed by atoms with Gasteiger partial charge >= 0.3 is 6.18 Å². The molecule has 1 aromatic heterocycles. The number of thiophene rings is 1. The van der Waals surface area contributed by atoms with Crippen LogP contribution in [-0.4, -0.2) is 0 Å². The molecule has 0 aliphatic carbocycles. The minimum absolute atomic E-state index is 0.264. The standard InChI is InChI=1S/C24H19F3NOPS/c25-24(26,27)18-9-7-10-19(17-18)28-23(22-15-8-16-31-22)30(29,20-11-3-1-4-12-20)21-13-5-2-6-14-21/h1-17,23,28H/t23-/m1/s1. The van der Waals surface area contributed by atoms with Crippen LogP contribution in [0, 0.1) is 0 Å². The largest absolute Gasteiger partial charge is 0.416 e. The van der Waals surface area contributed by atoms with E-state index in [1.54, 1.807) is 6.07 Å². The quantitative estimate of drug-likeness (QED) is 0.320. The molecule has 4 aromatic rings. The summed E-state index contributed by atoms with van der Waals surface area (Å²) in [6, 6.07) is 26.9. The maximum Gasteiger partial charge on any atom is 0.416 e. The van der Waals surface area contributed by atoms with Crippen LogP contribution in [0.4, 0.5) is 18.9 Å². The summed E-state index contributed by atoms with van der Waals surface area (Å²) in [5.41, 5.74) is -0.489. The molecule has 1 N–H and O–H groups in total. The van der Waals surface area contributed by atoms with Crippen molar-refractivity contribution >= 4 is 34.8 Å². The SMILES string of the molecule is O=P(c1ccccc1)(c1ccccc1)[C@@H](Nc1cccc(C(F)(F)F)c1)c1cccs1. The first-order chi connectivity index (χ1) is 14.9. The summed E-state index contributed by atoms with van der Waals surface area (Å²) in [4.78, 5) is 0.786. The Hall–Kier alpha value is -2.82. The van der Waals surface area contributed by atoms with Gasteiger partial charge in [0.1, 0.15) is 5.78 Å². The van der Waals surface area contributed by atoms with E-state index in [1.807, 2.05) is 78.2 Å². The van der Waals surface area contributed by atoms with E-state index < -0.39 is 24.7 Å². The molecule has 0 saturated carbocycles. The molecule has 1 heterocycles. The second-order valence-electron chi connectivity index (χ2n) is 6.97. The van der Waals surface area contributed by atoms with Crippen molar-refractivity contribution in [1.29, 1.82) is 0 Å². The maximum absolute atomic E-state index is 14.8. The van der Waals surface area contributed by atoms with Gasteiger partial charge in [-0.05, 0) is 29.6 Å². The van der Waals surface area contributed by atoms with Gasteiger partial charge in [0.25, 0.3) is 0 Å². The Morgan fingerprint density at radius 1 is 0.774 bits per heavy atom. The lowest BCUT2D eigenvalue weighted by Crippen LogP contribution is -2.25. The molecule has 1 atom stereocenters. The fraction of sp³-hybridized carbons (Fsp3) is 0.0833. The van der Waals surface area contributed by atoms with Crippen LogP contribution < -0.4 is 15.9 Å². The van der Waals surface area contributed by atoms with Gasteiger partial charge in [-0.25, -0.2) is 0 Å². The molecule has 0 spiro atoms. The molecule has 7 heteroatoms. The lowest BCUT2D eigenvalue weighted by atomic mass is 10.2. The first-order valence-corrected chi connectivity index (χ1v) is 12.2. The fourth-order valence-electron chi connectivity index (χ4n) is 3.48. The normalized spacial score (nSPS) is 13.0. The highest BCUT2D eigenvalue weighted by Gasteiger charge is 2.39. The summed E-state index contributed by atoms with van der Waals surface area (Å²) in [5.74, 6) is -0.721. The second-order valence-corrected chi connectivity index (χ2v) is 10.8. The third-order valence-corrected chi connectivity index (χ3v) is 9.33. The second kappa shape index (κ2) is 8.74. The van der Waals surface area contributed by atoms with E-state index >= 15 is 0 Å². The van der Waals surface area contributed by atoms with E-state index in [9.17, 15) is 17.7 Å². The third kappa shape index (κ3) is 4.46. The van der Waals surface area contributed by atoms with E-state index in [0.29, 0.717) is 10.6 Å². The Morgan fingerprint density at radius 3 is 1.90 bits per heavy atom. The molecule has 0 unspecified atom stereocenters. The summed E-state index contributed by atoms with van der Waals surface area (Å²) < 4.78 is 54.6. The summed E-state index contributed by atoms with van der Waals surface area (Å²) in [5, 5.41) is 6.33. The zero-order valence-electron chi connectivity index (χ0n) is 16.3. The molecule has 0 amide bonds. The van der Waals surface area contributed by atoms with E-state index in [-0.39, 0.29) is 5.69 Å². The molecule has 0 fully saturated rings. The number of benzene rings is 3. The van der Waals surface area contributed by atoms with Crippen LogP contribution in [-0.2, 0) is 10.7 Å². The lowest BCUT2D eigenvalue weighted by molar-refractivity contribution is -0.137. The summed E-state index contributed by atoms with van der Waals surface area (Å²) >= 11 is 1.42. The smallest absolute Gasteiger partial charge is 0.371 e. The fourth-order valence-corrected chi connectivity index (χ4v) is 7.66. The molecule has 3 aromatic carbocycles. The van der Waals surface area contributed by atoms with Crippen LogP contribution in [0.15, 0.2) is 102 Å². The number of hydrogen-bond acceptors (Lipinski definition) is 3. The van der Waals surface area contributed by atoms with E-state index in [4.69, 9.17) is 0 Å². The minimum Gasteiger partial charge on any atom is -0.371 e. The van der Waals surface area contributed by atoms with Gasteiger partial charge in [0.2, 0.25) is 0 Å². The molecule has 158 valence electrons. The van der Waals surface area contributed by atoms with Crippen LogP contribution >= 0.6 is 18.5 Å². The zero-order valence-corrected chi connectivity index (χ0v) is 18.0. The Kier molecular flexibility index (Phi) is 6.03. The molecular weight excluding hydrogens is 438 g/mol. The van der Waals surface area contributed by atoms with Crippen molar-refractivity contribution < 1.29 is 17.7 Å².